The molecule has 2 rings (SSSR count). The van der Waals surface area contributed by atoms with E-state index in [2.05, 4.69) is 27.5 Å². The van der Waals surface area contributed by atoms with Gasteiger partial charge in [-0.05, 0) is 19.4 Å². The Labute approximate surface area is 159 Å². The number of hydrogen-bond donors (Lipinski definition) is 2. The number of benzene rings is 1. The lowest BCUT2D eigenvalue weighted by Gasteiger charge is -2.18. The molecule has 1 heterocycles. The molecule has 7 heteroatoms. The molecule has 0 saturated carbocycles. The molecule has 0 aliphatic carbocycles. The van der Waals surface area contributed by atoms with Gasteiger partial charge in [-0.1, -0.05) is 30.3 Å². The van der Waals surface area contributed by atoms with E-state index in [-0.39, 0.29) is 5.91 Å². The van der Waals surface area contributed by atoms with E-state index in [1.165, 1.54) is 4.88 Å². The van der Waals surface area contributed by atoms with Crippen molar-refractivity contribution in [1.82, 2.24) is 20.5 Å². The van der Waals surface area contributed by atoms with Crippen LogP contribution in [0.2, 0.25) is 0 Å². The average molecular weight is 374 g/mol. The molecule has 1 aromatic carbocycles. The van der Waals surface area contributed by atoms with E-state index in [0.29, 0.717) is 32.0 Å². The van der Waals surface area contributed by atoms with Gasteiger partial charge in [0, 0.05) is 38.5 Å². The number of nitrogens with zero attached hydrogens (tertiary/aromatic N) is 3. The number of hydrogen-bond acceptors (Lipinski definition) is 4. The predicted molar refractivity (Wildman–Crippen MR) is 107 cm³/mol. The van der Waals surface area contributed by atoms with Gasteiger partial charge in [0.2, 0.25) is 5.91 Å². The number of nitrogens with one attached hydrogen (secondary N) is 2. The minimum absolute atomic E-state index is 0.1000. The molecule has 140 valence electrons. The molecule has 1 aromatic heterocycles. The van der Waals surface area contributed by atoms with Gasteiger partial charge in [-0.15, -0.1) is 11.3 Å². The van der Waals surface area contributed by atoms with Crippen molar-refractivity contribution in [3.8, 4) is 0 Å². The number of carbonyl (C=O) groups excluding carboxylic acids is 1. The highest BCUT2D eigenvalue weighted by atomic mass is 32.1. The fraction of sp³-hybridized carbons (Fsp3) is 0.421. The molecule has 0 radical (unpaired) electrons. The first kappa shape index (κ1) is 19.9. The summed E-state index contributed by atoms with van der Waals surface area (Å²) in [5.41, 5.74) is 2.20. The monoisotopic (exact) mass is 373 g/mol. The first-order valence-electron chi connectivity index (χ1n) is 8.65. The van der Waals surface area contributed by atoms with E-state index >= 15 is 0 Å². The zero-order valence-corrected chi connectivity index (χ0v) is 16.7. The topological polar surface area (TPSA) is 69.6 Å². The lowest BCUT2D eigenvalue weighted by molar-refractivity contribution is -0.130. The summed E-state index contributed by atoms with van der Waals surface area (Å²) < 4.78 is 0. The van der Waals surface area contributed by atoms with Crippen LogP contribution in [0.15, 0.2) is 35.3 Å². The molecule has 0 saturated heterocycles. The maximum Gasteiger partial charge on any atom is 0.224 e. The Balaban J connectivity index is 1.71. The summed E-state index contributed by atoms with van der Waals surface area (Å²) in [5.74, 6) is 0.775. The van der Waals surface area contributed by atoms with Gasteiger partial charge in [0.1, 0.15) is 5.01 Å². The van der Waals surface area contributed by atoms with Crippen LogP contribution in [0.25, 0.3) is 0 Å². The Kier molecular flexibility index (Phi) is 7.59. The lowest BCUT2D eigenvalue weighted by atomic mass is 10.2. The van der Waals surface area contributed by atoms with Crippen LogP contribution in [0.1, 0.15) is 27.6 Å². The second kappa shape index (κ2) is 9.91. The smallest absolute Gasteiger partial charge is 0.224 e. The van der Waals surface area contributed by atoms with E-state index in [0.717, 1.165) is 16.3 Å². The number of guanidine groups is 1. The van der Waals surface area contributed by atoms with Gasteiger partial charge in [-0.3, -0.25) is 9.79 Å². The fourth-order valence-electron chi connectivity index (χ4n) is 2.42. The summed E-state index contributed by atoms with van der Waals surface area (Å²) >= 11 is 1.68. The molecule has 2 aromatic rings. The van der Waals surface area contributed by atoms with Crippen LogP contribution < -0.4 is 10.6 Å². The number of thiazole rings is 1. The molecule has 0 aliphatic rings. The fourth-order valence-corrected chi connectivity index (χ4v) is 3.29. The normalized spacial score (nSPS) is 11.3. The van der Waals surface area contributed by atoms with Crippen molar-refractivity contribution >= 4 is 23.2 Å². The highest BCUT2D eigenvalue weighted by Gasteiger charge is 2.10. The van der Waals surface area contributed by atoms with Crippen LogP contribution in [0, 0.1) is 13.8 Å². The van der Waals surface area contributed by atoms with Crippen molar-refractivity contribution in [3.05, 3.63) is 51.5 Å². The molecular formula is C19H27N5OS. The number of carbonyl (C=O) groups is 1. The maximum absolute atomic E-state index is 12.3. The Morgan fingerprint density at radius 1 is 1.23 bits per heavy atom. The van der Waals surface area contributed by atoms with Crippen LogP contribution in [-0.4, -0.2) is 42.4 Å². The molecular weight excluding hydrogens is 346 g/mol. The van der Waals surface area contributed by atoms with Gasteiger partial charge < -0.3 is 15.5 Å². The molecule has 1 amide bonds. The Bertz CT molecular complexity index is 722. The minimum atomic E-state index is 0.1000. The Morgan fingerprint density at radius 3 is 2.58 bits per heavy atom. The zero-order valence-electron chi connectivity index (χ0n) is 15.9. The third-order valence-electron chi connectivity index (χ3n) is 4.02. The molecule has 0 unspecified atom stereocenters. The van der Waals surface area contributed by atoms with Crippen molar-refractivity contribution in [2.24, 2.45) is 4.99 Å². The van der Waals surface area contributed by atoms with Gasteiger partial charge in [-0.25, -0.2) is 4.98 Å². The molecule has 0 aliphatic heterocycles. The molecule has 2 N–H and O–H groups in total. The number of amides is 1. The van der Waals surface area contributed by atoms with E-state index < -0.39 is 0 Å². The summed E-state index contributed by atoms with van der Waals surface area (Å²) in [7, 11) is 3.55. The third-order valence-corrected chi connectivity index (χ3v) is 5.10. The van der Waals surface area contributed by atoms with Crippen LogP contribution in [0.3, 0.4) is 0 Å². The van der Waals surface area contributed by atoms with E-state index in [1.807, 2.05) is 44.3 Å². The zero-order chi connectivity index (χ0) is 18.9. The predicted octanol–water partition coefficient (Wildman–Crippen LogP) is 2.47. The standard InChI is InChI=1S/C19H27N5OS/c1-14-15(2)26-17(23-14)12-22-19(20-3)21-11-10-18(25)24(4)13-16-8-6-5-7-9-16/h5-9H,10-13H2,1-4H3,(H2,20,21,22). The summed E-state index contributed by atoms with van der Waals surface area (Å²) in [4.78, 5) is 23.9. The molecule has 0 atom stereocenters. The third kappa shape index (κ3) is 6.15. The van der Waals surface area contributed by atoms with Crippen molar-refractivity contribution in [2.75, 3.05) is 20.6 Å². The Hall–Kier alpha value is -2.41. The second-order valence-corrected chi connectivity index (χ2v) is 7.37. The summed E-state index contributed by atoms with van der Waals surface area (Å²) in [6.45, 7) is 5.87. The summed E-state index contributed by atoms with van der Waals surface area (Å²) in [5, 5.41) is 7.44. The van der Waals surface area contributed by atoms with Gasteiger partial charge >= 0.3 is 0 Å². The quantitative estimate of drug-likeness (QED) is 0.578. The second-order valence-electron chi connectivity index (χ2n) is 6.09. The molecule has 0 bridgehead atoms. The molecule has 0 spiro atoms. The lowest BCUT2D eigenvalue weighted by Crippen LogP contribution is -2.39. The highest BCUT2D eigenvalue weighted by molar-refractivity contribution is 7.11. The first-order valence-corrected chi connectivity index (χ1v) is 9.46. The number of aliphatic imine (C=N–C) groups is 1. The van der Waals surface area contributed by atoms with Gasteiger partial charge in [0.05, 0.1) is 12.2 Å². The number of aromatic nitrogens is 1. The summed E-state index contributed by atoms with van der Waals surface area (Å²) in [6, 6.07) is 9.99. The van der Waals surface area contributed by atoms with Crippen LogP contribution in [-0.2, 0) is 17.9 Å². The largest absolute Gasteiger partial charge is 0.356 e. The van der Waals surface area contributed by atoms with E-state index in [1.54, 1.807) is 23.3 Å². The van der Waals surface area contributed by atoms with Gasteiger partial charge in [0.15, 0.2) is 5.96 Å². The van der Waals surface area contributed by atoms with E-state index in [4.69, 9.17) is 0 Å². The average Bonchev–Trinajstić information content (AvgIpc) is 2.96. The molecule has 26 heavy (non-hydrogen) atoms. The van der Waals surface area contributed by atoms with Crippen LogP contribution in [0.4, 0.5) is 0 Å². The number of rotatable bonds is 7. The SMILES string of the molecule is CN=C(NCCC(=O)N(C)Cc1ccccc1)NCc1nc(C)c(C)s1. The Morgan fingerprint density at radius 2 is 1.96 bits per heavy atom. The van der Waals surface area contributed by atoms with E-state index in [9.17, 15) is 4.79 Å². The molecule has 0 fully saturated rings. The maximum atomic E-state index is 12.3. The van der Waals surface area contributed by atoms with Crippen molar-refractivity contribution in [3.63, 3.8) is 0 Å². The summed E-state index contributed by atoms with van der Waals surface area (Å²) in [6.07, 6.45) is 0.416. The van der Waals surface area contributed by atoms with Crippen molar-refractivity contribution < 1.29 is 4.79 Å². The highest BCUT2D eigenvalue weighted by Crippen LogP contribution is 2.15. The first-order chi connectivity index (χ1) is 12.5. The van der Waals surface area contributed by atoms with Crippen molar-refractivity contribution in [1.29, 1.82) is 0 Å². The van der Waals surface area contributed by atoms with Crippen LogP contribution in [0.5, 0.6) is 0 Å². The van der Waals surface area contributed by atoms with Gasteiger partial charge in [-0.2, -0.15) is 0 Å². The number of aryl methyl sites for hydroxylation is 2. The van der Waals surface area contributed by atoms with Crippen molar-refractivity contribution in [2.45, 2.75) is 33.4 Å². The molecule has 6 nitrogen and oxygen atoms in total. The van der Waals surface area contributed by atoms with Crippen LogP contribution >= 0.6 is 11.3 Å². The minimum Gasteiger partial charge on any atom is -0.356 e. The van der Waals surface area contributed by atoms with Gasteiger partial charge in [0.25, 0.3) is 0 Å².